The average molecular weight is 283 g/mol. The predicted molar refractivity (Wildman–Crippen MR) is 74.5 cm³/mol. The Labute approximate surface area is 119 Å². The van der Waals surface area contributed by atoms with Gasteiger partial charge in [0.05, 0.1) is 16.6 Å². The van der Waals surface area contributed by atoms with Crippen molar-refractivity contribution in [2.45, 2.75) is 0 Å². The molecule has 2 rings (SSSR count). The zero-order valence-corrected chi connectivity index (χ0v) is 10.6. The number of hydrogen-bond acceptors (Lipinski definition) is 5. The first kappa shape index (κ1) is 14.0. The number of carboxylic acid groups (broad SMARTS) is 1. The number of anilines is 2. The van der Waals surface area contributed by atoms with Gasteiger partial charge in [0.25, 0.3) is 5.69 Å². The van der Waals surface area contributed by atoms with Gasteiger partial charge < -0.3 is 10.4 Å². The van der Waals surface area contributed by atoms with Crippen molar-refractivity contribution in [1.29, 1.82) is 5.26 Å². The van der Waals surface area contributed by atoms with Crippen molar-refractivity contribution in [2.75, 3.05) is 5.32 Å². The van der Waals surface area contributed by atoms with Crippen LogP contribution in [-0.2, 0) is 0 Å². The molecule has 0 amide bonds. The van der Waals surface area contributed by atoms with Crippen molar-refractivity contribution in [3.8, 4) is 6.07 Å². The van der Waals surface area contributed by atoms with E-state index in [1.807, 2.05) is 6.07 Å². The highest BCUT2D eigenvalue weighted by atomic mass is 16.6. The molecule has 0 spiro atoms. The molecule has 0 unspecified atom stereocenters. The van der Waals surface area contributed by atoms with Gasteiger partial charge in [-0.25, -0.2) is 4.79 Å². The molecule has 2 N–H and O–H groups in total. The molecule has 0 radical (unpaired) electrons. The molecular weight excluding hydrogens is 274 g/mol. The van der Waals surface area contributed by atoms with Crippen molar-refractivity contribution in [3.05, 3.63) is 63.7 Å². The van der Waals surface area contributed by atoms with Gasteiger partial charge in [-0.3, -0.25) is 10.1 Å². The Morgan fingerprint density at radius 3 is 2.33 bits per heavy atom. The predicted octanol–water partition coefficient (Wildman–Crippen LogP) is 2.91. The highest BCUT2D eigenvalue weighted by Crippen LogP contribution is 2.25. The zero-order chi connectivity index (χ0) is 15.4. The Morgan fingerprint density at radius 1 is 1.19 bits per heavy atom. The van der Waals surface area contributed by atoms with E-state index in [4.69, 9.17) is 10.4 Å². The topological polar surface area (TPSA) is 116 Å². The average Bonchev–Trinajstić information content (AvgIpc) is 2.47. The highest BCUT2D eigenvalue weighted by molar-refractivity contribution is 5.93. The van der Waals surface area contributed by atoms with Gasteiger partial charge in [0.2, 0.25) is 0 Å². The highest BCUT2D eigenvalue weighted by Gasteiger charge is 2.20. The number of carbonyl (C=O) groups is 1. The molecule has 0 fully saturated rings. The van der Waals surface area contributed by atoms with Crippen LogP contribution < -0.4 is 5.32 Å². The SMILES string of the molecule is N#Cc1ccc(Nc2ccc(C(=O)O)c([N+](=O)[O-])c2)cc1. The Hall–Kier alpha value is -3.40. The van der Waals surface area contributed by atoms with Crippen molar-refractivity contribution in [2.24, 2.45) is 0 Å². The number of benzene rings is 2. The quantitative estimate of drug-likeness (QED) is 0.658. The Balaban J connectivity index is 2.32. The van der Waals surface area contributed by atoms with Gasteiger partial charge in [0.1, 0.15) is 5.56 Å². The molecule has 0 saturated carbocycles. The number of nitro benzene ring substituents is 1. The van der Waals surface area contributed by atoms with Crippen LogP contribution in [0.1, 0.15) is 15.9 Å². The maximum absolute atomic E-state index is 10.9. The van der Waals surface area contributed by atoms with Crippen LogP contribution in [0.3, 0.4) is 0 Å². The summed E-state index contributed by atoms with van der Waals surface area (Å²) in [7, 11) is 0. The summed E-state index contributed by atoms with van der Waals surface area (Å²) in [6.45, 7) is 0. The fourth-order valence-corrected chi connectivity index (χ4v) is 1.74. The van der Waals surface area contributed by atoms with Crippen LogP contribution in [-0.4, -0.2) is 16.0 Å². The first-order valence-corrected chi connectivity index (χ1v) is 5.80. The fourth-order valence-electron chi connectivity index (χ4n) is 1.74. The van der Waals surface area contributed by atoms with Crippen LogP contribution in [0.5, 0.6) is 0 Å². The summed E-state index contributed by atoms with van der Waals surface area (Å²) in [6.07, 6.45) is 0. The molecule has 0 aliphatic carbocycles. The minimum Gasteiger partial charge on any atom is -0.477 e. The maximum atomic E-state index is 10.9. The number of carboxylic acids is 1. The van der Waals surface area contributed by atoms with Gasteiger partial charge in [-0.1, -0.05) is 0 Å². The molecule has 0 aliphatic rings. The lowest BCUT2D eigenvalue weighted by Crippen LogP contribution is -2.03. The maximum Gasteiger partial charge on any atom is 0.342 e. The molecule has 0 atom stereocenters. The third-order valence-corrected chi connectivity index (χ3v) is 2.73. The summed E-state index contributed by atoms with van der Waals surface area (Å²) in [5.74, 6) is -1.35. The lowest BCUT2D eigenvalue weighted by atomic mass is 10.1. The molecule has 0 aromatic heterocycles. The van der Waals surface area contributed by atoms with Crippen molar-refractivity contribution in [1.82, 2.24) is 0 Å². The number of aromatic carboxylic acids is 1. The molecule has 0 aliphatic heterocycles. The second-order valence-corrected chi connectivity index (χ2v) is 4.11. The van der Waals surface area contributed by atoms with Gasteiger partial charge >= 0.3 is 5.97 Å². The lowest BCUT2D eigenvalue weighted by molar-refractivity contribution is -0.385. The summed E-state index contributed by atoms with van der Waals surface area (Å²) in [6, 6.07) is 12.2. The number of nitrogens with zero attached hydrogens (tertiary/aromatic N) is 2. The third-order valence-electron chi connectivity index (χ3n) is 2.73. The van der Waals surface area contributed by atoms with Crippen LogP contribution in [0.4, 0.5) is 17.1 Å². The summed E-state index contributed by atoms with van der Waals surface area (Å²) < 4.78 is 0. The van der Waals surface area contributed by atoms with Crippen LogP contribution >= 0.6 is 0 Å². The summed E-state index contributed by atoms with van der Waals surface area (Å²) in [4.78, 5) is 21.1. The van der Waals surface area contributed by atoms with Crippen molar-refractivity contribution in [3.63, 3.8) is 0 Å². The van der Waals surface area contributed by atoms with Gasteiger partial charge in [-0.15, -0.1) is 0 Å². The van der Waals surface area contributed by atoms with Gasteiger partial charge in [-0.05, 0) is 36.4 Å². The largest absolute Gasteiger partial charge is 0.477 e. The van der Waals surface area contributed by atoms with Crippen molar-refractivity contribution >= 4 is 23.0 Å². The van der Waals surface area contributed by atoms with Crippen molar-refractivity contribution < 1.29 is 14.8 Å². The molecule has 21 heavy (non-hydrogen) atoms. The number of nitriles is 1. The molecule has 7 nitrogen and oxygen atoms in total. The molecular formula is C14H9N3O4. The van der Waals surface area contributed by atoms with E-state index in [-0.39, 0.29) is 5.56 Å². The molecule has 0 saturated heterocycles. The van der Waals surface area contributed by atoms with E-state index in [0.717, 1.165) is 6.07 Å². The fraction of sp³-hybridized carbons (Fsp3) is 0. The Bertz CT molecular complexity index is 748. The Morgan fingerprint density at radius 2 is 1.81 bits per heavy atom. The normalized spacial score (nSPS) is 9.67. The van der Waals surface area contributed by atoms with Crippen LogP contribution in [0.25, 0.3) is 0 Å². The smallest absolute Gasteiger partial charge is 0.342 e. The van der Waals surface area contributed by atoms with E-state index < -0.39 is 16.6 Å². The number of nitrogens with one attached hydrogen (secondary N) is 1. The van der Waals surface area contributed by atoms with Gasteiger partial charge in [0.15, 0.2) is 0 Å². The lowest BCUT2D eigenvalue weighted by Gasteiger charge is -2.07. The van der Waals surface area contributed by atoms with Crippen LogP contribution in [0, 0.1) is 21.4 Å². The molecule has 0 bridgehead atoms. The van der Waals surface area contributed by atoms with E-state index in [0.29, 0.717) is 16.9 Å². The first-order chi connectivity index (χ1) is 10.0. The Kier molecular flexibility index (Phi) is 3.81. The van der Waals surface area contributed by atoms with E-state index in [9.17, 15) is 14.9 Å². The van der Waals surface area contributed by atoms with Crippen LogP contribution in [0.15, 0.2) is 42.5 Å². The molecule has 0 heterocycles. The van der Waals surface area contributed by atoms with Gasteiger partial charge in [-0.2, -0.15) is 5.26 Å². The molecule has 7 heteroatoms. The minimum atomic E-state index is -1.35. The third kappa shape index (κ3) is 3.13. The van der Waals surface area contributed by atoms with E-state index in [1.165, 1.54) is 12.1 Å². The minimum absolute atomic E-state index is 0.370. The number of nitro groups is 1. The standard InChI is InChI=1S/C14H9N3O4/c15-8-9-1-3-10(4-2-9)16-11-5-6-12(14(18)19)13(7-11)17(20)21/h1-7,16H,(H,18,19). The summed E-state index contributed by atoms with van der Waals surface area (Å²) in [5, 5.41) is 31.4. The molecule has 2 aromatic rings. The van der Waals surface area contributed by atoms with Crippen LogP contribution in [0.2, 0.25) is 0 Å². The molecule has 2 aromatic carbocycles. The van der Waals surface area contributed by atoms with Gasteiger partial charge in [0, 0.05) is 17.4 Å². The second-order valence-electron chi connectivity index (χ2n) is 4.11. The van der Waals surface area contributed by atoms with E-state index >= 15 is 0 Å². The molecule has 104 valence electrons. The second kappa shape index (κ2) is 5.71. The zero-order valence-electron chi connectivity index (χ0n) is 10.6. The number of rotatable bonds is 4. The van der Waals surface area contributed by atoms with E-state index in [2.05, 4.69) is 5.32 Å². The number of hydrogen-bond donors (Lipinski definition) is 2. The summed E-state index contributed by atoms with van der Waals surface area (Å²) in [5.41, 5.74) is 0.655. The summed E-state index contributed by atoms with van der Waals surface area (Å²) >= 11 is 0. The monoisotopic (exact) mass is 283 g/mol. The van der Waals surface area contributed by atoms with E-state index in [1.54, 1.807) is 24.3 Å². The first-order valence-electron chi connectivity index (χ1n) is 5.80.